The van der Waals surface area contributed by atoms with Crippen LogP contribution in [0.4, 0.5) is 11.6 Å². The number of carbonyl (C=O) groups excluding carboxylic acids is 1. The van der Waals surface area contributed by atoms with E-state index >= 15 is 0 Å². The van der Waals surface area contributed by atoms with Crippen LogP contribution in [-0.2, 0) is 10.0 Å². The number of carbonyl (C=O) groups is 1. The first-order valence-corrected chi connectivity index (χ1v) is 11.9. The molecule has 3 heterocycles. The minimum Gasteiger partial charge on any atom is -0.472 e. The molecular weight excluding hydrogens is 442 g/mol. The fourth-order valence-electron chi connectivity index (χ4n) is 3.76. The van der Waals surface area contributed by atoms with E-state index in [0.29, 0.717) is 48.6 Å². The van der Waals surface area contributed by atoms with Gasteiger partial charge in [-0.15, -0.1) is 0 Å². The third-order valence-electron chi connectivity index (χ3n) is 5.47. The van der Waals surface area contributed by atoms with Crippen molar-refractivity contribution in [3.05, 3.63) is 78.8 Å². The molecule has 0 unspecified atom stereocenters. The lowest BCUT2D eigenvalue weighted by molar-refractivity contribution is 0.0746. The van der Waals surface area contributed by atoms with Gasteiger partial charge in [-0.05, 0) is 30.3 Å². The Bertz CT molecular complexity index is 1380. The number of aromatic nitrogens is 2. The van der Waals surface area contributed by atoms with E-state index in [1.54, 1.807) is 35.2 Å². The molecule has 1 saturated heterocycles. The van der Waals surface area contributed by atoms with Gasteiger partial charge in [0.15, 0.2) is 11.6 Å². The van der Waals surface area contributed by atoms with Crippen LogP contribution in [0.2, 0.25) is 0 Å². The fourth-order valence-corrected chi connectivity index (χ4v) is 4.78. The van der Waals surface area contributed by atoms with Gasteiger partial charge in [0.2, 0.25) is 0 Å². The third kappa shape index (κ3) is 4.24. The minimum atomic E-state index is -3.85. The molecule has 2 aromatic carbocycles. The standard InChI is InChI=1S/C23H21N5O4S/c29-23(17-10-15-32-16-17)28-13-11-27(12-14-28)22-21(24-19-8-4-5-9-20(19)25-22)26-33(30,31)18-6-2-1-3-7-18/h1-10,15-16H,11-14H2,(H,24,26). The number of benzene rings is 2. The molecule has 0 saturated carbocycles. The lowest BCUT2D eigenvalue weighted by atomic mass is 10.2. The van der Waals surface area contributed by atoms with Crippen molar-refractivity contribution in [2.75, 3.05) is 35.8 Å². The molecule has 0 atom stereocenters. The summed E-state index contributed by atoms with van der Waals surface area (Å²) < 4.78 is 33.6. The average Bonchev–Trinajstić information content (AvgIpc) is 3.39. The Morgan fingerprint density at radius 1 is 0.879 bits per heavy atom. The summed E-state index contributed by atoms with van der Waals surface area (Å²) in [6.07, 6.45) is 2.90. The Morgan fingerprint density at radius 2 is 1.55 bits per heavy atom. The molecule has 1 amide bonds. The molecule has 168 valence electrons. The molecule has 10 heteroatoms. The van der Waals surface area contributed by atoms with Gasteiger partial charge in [-0.25, -0.2) is 18.4 Å². The fraction of sp³-hybridized carbons (Fsp3) is 0.174. The molecule has 1 fully saturated rings. The van der Waals surface area contributed by atoms with Crippen LogP contribution in [0.1, 0.15) is 10.4 Å². The molecule has 1 N–H and O–H groups in total. The van der Waals surface area contributed by atoms with Crippen molar-refractivity contribution in [2.45, 2.75) is 4.90 Å². The van der Waals surface area contributed by atoms with Gasteiger partial charge < -0.3 is 14.2 Å². The van der Waals surface area contributed by atoms with Gasteiger partial charge in [0.25, 0.3) is 15.9 Å². The Balaban J connectivity index is 1.44. The number of rotatable bonds is 5. The largest absolute Gasteiger partial charge is 0.472 e. The average molecular weight is 464 g/mol. The number of fused-ring (bicyclic) bond motifs is 1. The molecule has 9 nitrogen and oxygen atoms in total. The number of piperazine rings is 1. The number of hydrogen-bond acceptors (Lipinski definition) is 7. The van der Waals surface area contributed by atoms with Crippen molar-refractivity contribution >= 4 is 38.6 Å². The highest BCUT2D eigenvalue weighted by Crippen LogP contribution is 2.28. The van der Waals surface area contributed by atoms with Crippen LogP contribution in [0.15, 0.2) is 82.5 Å². The number of hydrogen-bond donors (Lipinski definition) is 1. The Morgan fingerprint density at radius 3 is 2.21 bits per heavy atom. The summed E-state index contributed by atoms with van der Waals surface area (Å²) in [5.74, 6) is 0.494. The summed E-state index contributed by atoms with van der Waals surface area (Å²) in [7, 11) is -3.85. The van der Waals surface area contributed by atoms with Crippen LogP contribution < -0.4 is 9.62 Å². The predicted molar refractivity (Wildman–Crippen MR) is 124 cm³/mol. The van der Waals surface area contributed by atoms with E-state index in [1.165, 1.54) is 24.7 Å². The normalized spacial score (nSPS) is 14.4. The first-order valence-electron chi connectivity index (χ1n) is 10.4. The first kappa shape index (κ1) is 21.0. The topological polar surface area (TPSA) is 109 Å². The van der Waals surface area contributed by atoms with Crippen molar-refractivity contribution in [3.63, 3.8) is 0 Å². The van der Waals surface area contributed by atoms with Gasteiger partial charge in [-0.2, -0.15) is 0 Å². The molecule has 0 spiro atoms. The number of nitrogens with one attached hydrogen (secondary N) is 1. The van der Waals surface area contributed by atoms with Gasteiger partial charge in [-0.3, -0.25) is 9.52 Å². The van der Waals surface area contributed by atoms with Gasteiger partial charge in [-0.1, -0.05) is 30.3 Å². The zero-order valence-corrected chi connectivity index (χ0v) is 18.4. The Kier molecular flexibility index (Phi) is 5.43. The van der Waals surface area contributed by atoms with E-state index in [4.69, 9.17) is 9.40 Å². The van der Waals surface area contributed by atoms with Gasteiger partial charge in [0.1, 0.15) is 6.26 Å². The minimum absolute atomic E-state index is 0.0991. The number of nitrogens with zero attached hydrogens (tertiary/aromatic N) is 4. The lowest BCUT2D eigenvalue weighted by Gasteiger charge is -2.35. The summed E-state index contributed by atoms with van der Waals surface area (Å²) in [6, 6.07) is 17.1. The molecule has 5 rings (SSSR count). The van der Waals surface area contributed by atoms with Gasteiger partial charge >= 0.3 is 0 Å². The highest BCUT2D eigenvalue weighted by molar-refractivity contribution is 7.92. The molecular formula is C23H21N5O4S. The molecule has 0 aliphatic carbocycles. The molecule has 0 bridgehead atoms. The van der Waals surface area contributed by atoms with E-state index in [2.05, 4.69) is 9.71 Å². The van der Waals surface area contributed by atoms with Crippen molar-refractivity contribution in [1.29, 1.82) is 0 Å². The Labute approximate surface area is 190 Å². The molecule has 33 heavy (non-hydrogen) atoms. The maximum absolute atomic E-state index is 13.0. The maximum Gasteiger partial charge on any atom is 0.263 e. The molecule has 1 aliphatic rings. The maximum atomic E-state index is 13.0. The molecule has 1 aliphatic heterocycles. The summed E-state index contributed by atoms with van der Waals surface area (Å²) in [5, 5.41) is 0. The quantitative estimate of drug-likeness (QED) is 0.485. The summed E-state index contributed by atoms with van der Waals surface area (Å²) in [4.78, 5) is 25.7. The zero-order valence-electron chi connectivity index (χ0n) is 17.6. The van der Waals surface area contributed by atoms with Crippen LogP contribution in [-0.4, -0.2) is 55.4 Å². The summed E-state index contributed by atoms with van der Waals surface area (Å²) >= 11 is 0. The number of sulfonamides is 1. The van der Waals surface area contributed by atoms with E-state index in [-0.39, 0.29) is 16.6 Å². The molecule has 0 radical (unpaired) electrons. The second-order valence-corrected chi connectivity index (χ2v) is 9.28. The highest BCUT2D eigenvalue weighted by atomic mass is 32.2. The smallest absolute Gasteiger partial charge is 0.263 e. The zero-order chi connectivity index (χ0) is 22.8. The van der Waals surface area contributed by atoms with E-state index in [1.807, 2.05) is 23.1 Å². The summed E-state index contributed by atoms with van der Waals surface area (Å²) in [5.41, 5.74) is 1.75. The van der Waals surface area contributed by atoms with Gasteiger partial charge in [0.05, 0.1) is 27.8 Å². The van der Waals surface area contributed by atoms with Crippen LogP contribution in [0, 0.1) is 0 Å². The van der Waals surface area contributed by atoms with Crippen LogP contribution in [0.3, 0.4) is 0 Å². The number of para-hydroxylation sites is 2. The SMILES string of the molecule is O=C(c1ccoc1)N1CCN(c2nc3ccccc3nc2NS(=O)(=O)c2ccccc2)CC1. The van der Waals surface area contributed by atoms with E-state index in [0.717, 1.165) is 0 Å². The number of furan rings is 1. The van der Waals surface area contributed by atoms with E-state index in [9.17, 15) is 13.2 Å². The first-order chi connectivity index (χ1) is 16.0. The predicted octanol–water partition coefficient (Wildman–Crippen LogP) is 2.99. The van der Waals surface area contributed by atoms with E-state index < -0.39 is 10.0 Å². The number of amides is 1. The van der Waals surface area contributed by atoms with Crippen molar-refractivity contribution < 1.29 is 17.6 Å². The lowest BCUT2D eigenvalue weighted by Crippen LogP contribution is -2.49. The van der Waals surface area contributed by atoms with Crippen LogP contribution in [0.25, 0.3) is 11.0 Å². The third-order valence-corrected chi connectivity index (χ3v) is 6.83. The highest BCUT2D eigenvalue weighted by Gasteiger charge is 2.27. The van der Waals surface area contributed by atoms with Crippen molar-refractivity contribution in [1.82, 2.24) is 14.9 Å². The van der Waals surface area contributed by atoms with Crippen LogP contribution >= 0.6 is 0 Å². The Hall–Kier alpha value is -3.92. The number of anilines is 2. The second kappa shape index (κ2) is 8.55. The summed E-state index contributed by atoms with van der Waals surface area (Å²) in [6.45, 7) is 1.89. The molecule has 2 aromatic heterocycles. The molecule has 4 aromatic rings. The van der Waals surface area contributed by atoms with Gasteiger partial charge in [0, 0.05) is 26.2 Å². The second-order valence-electron chi connectivity index (χ2n) is 7.59. The monoisotopic (exact) mass is 463 g/mol. The van der Waals surface area contributed by atoms with Crippen molar-refractivity contribution in [2.24, 2.45) is 0 Å². The van der Waals surface area contributed by atoms with Crippen molar-refractivity contribution in [3.8, 4) is 0 Å². The van der Waals surface area contributed by atoms with Crippen LogP contribution in [0.5, 0.6) is 0 Å².